The fourth-order valence-electron chi connectivity index (χ4n) is 4.81. The number of anilines is 4. The number of nitrogens with zero attached hydrogens (tertiary/aromatic N) is 7. The van der Waals surface area contributed by atoms with Crippen molar-refractivity contribution in [3.63, 3.8) is 0 Å². The van der Waals surface area contributed by atoms with Gasteiger partial charge in [-0.25, -0.2) is 9.99 Å². The zero-order valence-electron chi connectivity index (χ0n) is 21.5. The molecule has 10 heteroatoms. The Kier molecular flexibility index (Phi) is 7.16. The molecule has 1 N–H and O–H groups in total. The van der Waals surface area contributed by atoms with Crippen LogP contribution in [-0.4, -0.2) is 78.4 Å². The van der Waals surface area contributed by atoms with Crippen LogP contribution in [-0.2, 0) is 9.47 Å². The lowest BCUT2D eigenvalue weighted by molar-refractivity contribution is 0.0375. The van der Waals surface area contributed by atoms with Gasteiger partial charge < -0.3 is 14.4 Å². The molecular formula is C28H32N8O2. The first-order valence-electron chi connectivity index (χ1n) is 13.0. The molecule has 0 amide bonds. The standard InChI is InChI=1S/C28H32N8O2/c1-22-6-5-7-23(18-22)21-29-31-25-19-28(33-10-14-37-15-11-33)35-26(30-25)20-27(32-35)36(24-8-3-2-4-9-24)34-12-16-38-17-13-34/h2-9,18-21H,10-17H2,1H3,(H,30,31)/b29-21+. The number of aryl methyl sites for hydroxylation is 1. The van der Waals surface area contributed by atoms with Gasteiger partial charge in [0.05, 0.1) is 38.3 Å². The fourth-order valence-corrected chi connectivity index (χ4v) is 4.81. The number of hydrogen-bond acceptors (Lipinski definition) is 9. The number of morpholine rings is 2. The molecule has 2 aromatic carbocycles. The molecule has 2 aliphatic heterocycles. The fraction of sp³-hybridized carbons (Fsp3) is 0.321. The van der Waals surface area contributed by atoms with E-state index in [-0.39, 0.29) is 0 Å². The number of hydrazine groups is 1. The molecule has 2 aliphatic rings. The third kappa shape index (κ3) is 5.33. The summed E-state index contributed by atoms with van der Waals surface area (Å²) in [4.78, 5) is 7.15. The number of aromatic nitrogens is 3. The van der Waals surface area contributed by atoms with Crippen LogP contribution in [0.4, 0.5) is 23.1 Å². The van der Waals surface area contributed by atoms with Gasteiger partial charge in [-0.05, 0) is 24.6 Å². The molecule has 0 radical (unpaired) electrons. The summed E-state index contributed by atoms with van der Waals surface area (Å²) < 4.78 is 13.2. The minimum absolute atomic E-state index is 0.659. The van der Waals surface area contributed by atoms with Crippen LogP contribution >= 0.6 is 0 Å². The zero-order valence-corrected chi connectivity index (χ0v) is 21.5. The minimum Gasteiger partial charge on any atom is -0.379 e. The van der Waals surface area contributed by atoms with Gasteiger partial charge >= 0.3 is 0 Å². The quantitative estimate of drug-likeness (QED) is 0.297. The van der Waals surface area contributed by atoms with Crippen molar-refractivity contribution < 1.29 is 9.47 Å². The third-order valence-corrected chi connectivity index (χ3v) is 6.65. The van der Waals surface area contributed by atoms with Gasteiger partial charge in [-0.1, -0.05) is 48.0 Å². The van der Waals surface area contributed by atoms with E-state index in [0.717, 1.165) is 54.7 Å². The highest BCUT2D eigenvalue weighted by molar-refractivity contribution is 5.80. The molecule has 0 spiro atoms. The summed E-state index contributed by atoms with van der Waals surface area (Å²) in [6.07, 6.45) is 1.81. The second-order valence-electron chi connectivity index (χ2n) is 9.37. The summed E-state index contributed by atoms with van der Waals surface area (Å²) in [5.74, 6) is 2.42. The summed E-state index contributed by atoms with van der Waals surface area (Å²) in [5.41, 5.74) is 7.15. The van der Waals surface area contributed by atoms with Crippen molar-refractivity contribution in [2.24, 2.45) is 5.10 Å². The second kappa shape index (κ2) is 11.2. The van der Waals surface area contributed by atoms with Gasteiger partial charge in [0, 0.05) is 38.3 Å². The van der Waals surface area contributed by atoms with E-state index in [1.165, 1.54) is 5.56 Å². The summed E-state index contributed by atoms with van der Waals surface area (Å²) in [6, 6.07) is 22.6. The molecule has 0 bridgehead atoms. The zero-order chi connectivity index (χ0) is 25.7. The topological polar surface area (TPSA) is 82.8 Å². The highest BCUT2D eigenvalue weighted by atomic mass is 16.5. The number of ether oxygens (including phenoxy) is 2. The summed E-state index contributed by atoms with van der Waals surface area (Å²) >= 11 is 0. The van der Waals surface area contributed by atoms with Crippen LogP contribution < -0.4 is 15.3 Å². The normalized spacial score (nSPS) is 16.8. The molecule has 0 atom stereocenters. The Balaban J connectivity index is 1.38. The van der Waals surface area contributed by atoms with Crippen LogP contribution in [0.1, 0.15) is 11.1 Å². The summed E-state index contributed by atoms with van der Waals surface area (Å²) in [7, 11) is 0. The number of benzene rings is 2. The van der Waals surface area contributed by atoms with Crippen LogP contribution in [0.15, 0.2) is 71.8 Å². The van der Waals surface area contributed by atoms with Crippen molar-refractivity contribution >= 4 is 35.0 Å². The van der Waals surface area contributed by atoms with E-state index in [9.17, 15) is 0 Å². The first-order valence-corrected chi connectivity index (χ1v) is 13.0. The van der Waals surface area contributed by atoms with E-state index in [1.54, 1.807) is 0 Å². The van der Waals surface area contributed by atoms with Crippen LogP contribution in [0.2, 0.25) is 0 Å². The largest absolute Gasteiger partial charge is 0.379 e. The van der Waals surface area contributed by atoms with Crippen LogP contribution in [0.3, 0.4) is 0 Å². The number of para-hydroxylation sites is 1. The number of fused-ring (bicyclic) bond motifs is 1. The molecular weight excluding hydrogens is 480 g/mol. The highest BCUT2D eigenvalue weighted by Crippen LogP contribution is 2.30. The van der Waals surface area contributed by atoms with Crippen molar-refractivity contribution in [1.82, 2.24) is 19.6 Å². The molecule has 0 aliphatic carbocycles. The smallest absolute Gasteiger partial charge is 0.172 e. The maximum absolute atomic E-state index is 5.62. The first kappa shape index (κ1) is 24.4. The highest BCUT2D eigenvalue weighted by Gasteiger charge is 2.25. The van der Waals surface area contributed by atoms with E-state index in [4.69, 9.17) is 19.6 Å². The van der Waals surface area contributed by atoms with Crippen molar-refractivity contribution in [1.29, 1.82) is 0 Å². The lowest BCUT2D eigenvalue weighted by atomic mass is 10.2. The maximum atomic E-state index is 5.62. The average molecular weight is 513 g/mol. The van der Waals surface area contributed by atoms with E-state index < -0.39 is 0 Å². The van der Waals surface area contributed by atoms with Crippen LogP contribution in [0.25, 0.3) is 5.65 Å². The Morgan fingerprint density at radius 3 is 2.42 bits per heavy atom. The average Bonchev–Trinajstić information content (AvgIpc) is 3.38. The third-order valence-electron chi connectivity index (χ3n) is 6.65. The molecule has 38 heavy (non-hydrogen) atoms. The Morgan fingerprint density at radius 1 is 0.895 bits per heavy atom. The molecule has 6 rings (SSSR count). The van der Waals surface area contributed by atoms with Crippen LogP contribution in [0, 0.1) is 6.92 Å². The second-order valence-corrected chi connectivity index (χ2v) is 9.37. The predicted molar refractivity (Wildman–Crippen MR) is 149 cm³/mol. The van der Waals surface area contributed by atoms with Crippen molar-refractivity contribution in [3.05, 3.63) is 77.9 Å². The van der Waals surface area contributed by atoms with E-state index >= 15 is 0 Å². The van der Waals surface area contributed by atoms with Crippen molar-refractivity contribution in [2.45, 2.75) is 6.92 Å². The Hall–Kier alpha value is -3.99. The Bertz CT molecular complexity index is 1390. The van der Waals surface area contributed by atoms with Crippen molar-refractivity contribution in [2.75, 3.05) is 67.9 Å². The number of hydrazone groups is 1. The predicted octanol–water partition coefficient (Wildman–Crippen LogP) is 3.71. The molecule has 2 fully saturated rings. The van der Waals surface area contributed by atoms with E-state index in [0.29, 0.717) is 32.2 Å². The van der Waals surface area contributed by atoms with Crippen LogP contribution in [0.5, 0.6) is 0 Å². The van der Waals surface area contributed by atoms with Gasteiger partial charge in [0.1, 0.15) is 5.82 Å². The van der Waals surface area contributed by atoms with Gasteiger partial charge in [0.2, 0.25) is 0 Å². The van der Waals surface area contributed by atoms with Crippen molar-refractivity contribution in [3.8, 4) is 0 Å². The molecule has 0 unspecified atom stereocenters. The number of hydrogen-bond donors (Lipinski definition) is 1. The molecule has 10 nitrogen and oxygen atoms in total. The van der Waals surface area contributed by atoms with Gasteiger partial charge in [0.15, 0.2) is 17.3 Å². The Morgan fingerprint density at radius 2 is 1.66 bits per heavy atom. The molecule has 4 aromatic rings. The van der Waals surface area contributed by atoms with Gasteiger partial charge in [-0.3, -0.25) is 10.4 Å². The molecule has 0 saturated carbocycles. The minimum atomic E-state index is 0.659. The summed E-state index contributed by atoms with van der Waals surface area (Å²) in [6.45, 7) is 7.92. The SMILES string of the molecule is Cc1cccc(/C=N/Nc2cc(N3CCOCC3)n3nc(N(c4ccccc4)N4CCOCC4)cc3n2)c1. The van der Waals surface area contributed by atoms with E-state index in [2.05, 4.69) is 56.6 Å². The summed E-state index contributed by atoms with van der Waals surface area (Å²) in [5, 5.41) is 14.0. The monoisotopic (exact) mass is 512 g/mol. The number of nitrogens with one attached hydrogen (secondary N) is 1. The molecule has 2 saturated heterocycles. The maximum Gasteiger partial charge on any atom is 0.172 e. The van der Waals surface area contributed by atoms with Gasteiger partial charge in [-0.2, -0.15) is 9.62 Å². The van der Waals surface area contributed by atoms with Gasteiger partial charge in [0.25, 0.3) is 0 Å². The number of rotatable bonds is 7. The first-order chi connectivity index (χ1) is 18.7. The molecule has 2 aromatic heterocycles. The van der Waals surface area contributed by atoms with E-state index in [1.807, 2.05) is 53.2 Å². The van der Waals surface area contributed by atoms with Gasteiger partial charge in [-0.15, -0.1) is 5.10 Å². The lowest BCUT2D eigenvalue weighted by Crippen LogP contribution is -2.46. The Labute approximate surface area is 222 Å². The molecule has 196 valence electrons. The lowest BCUT2D eigenvalue weighted by Gasteiger charge is -2.37. The molecule has 4 heterocycles.